The summed E-state index contributed by atoms with van der Waals surface area (Å²) in [5.74, 6) is 1.51. The Hall–Kier alpha value is -2.83. The lowest BCUT2D eigenvalue weighted by Gasteiger charge is -2.32. The van der Waals surface area contributed by atoms with Crippen LogP contribution in [0.1, 0.15) is 23.2 Å². The van der Waals surface area contributed by atoms with Crippen molar-refractivity contribution >= 4 is 5.91 Å². The average molecular weight is 343 g/mol. The summed E-state index contributed by atoms with van der Waals surface area (Å²) in [6.45, 7) is 1.75. The van der Waals surface area contributed by atoms with E-state index in [1.54, 1.807) is 12.0 Å². The van der Waals surface area contributed by atoms with Gasteiger partial charge in [0.05, 0.1) is 20.0 Å². The molecule has 2 aromatic rings. The highest BCUT2D eigenvalue weighted by atomic mass is 16.5. The highest BCUT2D eigenvalue weighted by Crippen LogP contribution is 2.21. The minimum Gasteiger partial charge on any atom is -0.497 e. The van der Waals surface area contributed by atoms with Crippen LogP contribution in [0.4, 0.5) is 0 Å². The molecule has 0 bridgehead atoms. The van der Waals surface area contributed by atoms with E-state index in [1.807, 2.05) is 24.3 Å². The quantitative estimate of drug-likeness (QED) is 0.893. The van der Waals surface area contributed by atoms with Crippen molar-refractivity contribution in [1.29, 1.82) is 0 Å². The maximum absolute atomic E-state index is 12.5. The summed E-state index contributed by atoms with van der Waals surface area (Å²) in [5, 5.41) is 0. The van der Waals surface area contributed by atoms with Crippen LogP contribution in [0.3, 0.4) is 0 Å². The van der Waals surface area contributed by atoms with E-state index in [0.29, 0.717) is 19.7 Å². The molecule has 1 aliphatic rings. The molecule has 1 saturated heterocycles. The summed E-state index contributed by atoms with van der Waals surface area (Å²) in [6, 6.07) is 7.42. The zero-order chi connectivity index (χ0) is 17.6. The topological polar surface area (TPSA) is 84.5 Å². The van der Waals surface area contributed by atoms with Crippen molar-refractivity contribution in [2.24, 2.45) is 5.92 Å². The first-order valence-electron chi connectivity index (χ1n) is 8.26. The summed E-state index contributed by atoms with van der Waals surface area (Å²) < 4.78 is 11.0. The number of hydrogen-bond donors (Lipinski definition) is 1. The van der Waals surface area contributed by atoms with E-state index >= 15 is 0 Å². The second kappa shape index (κ2) is 7.83. The highest BCUT2D eigenvalue weighted by Gasteiger charge is 2.26. The molecular weight excluding hydrogens is 322 g/mol. The van der Waals surface area contributed by atoms with Gasteiger partial charge in [0.15, 0.2) is 0 Å². The molecule has 7 nitrogen and oxygen atoms in total. The molecule has 25 heavy (non-hydrogen) atoms. The van der Waals surface area contributed by atoms with Crippen LogP contribution in [0.5, 0.6) is 11.5 Å². The van der Waals surface area contributed by atoms with Crippen LogP contribution in [0.25, 0.3) is 0 Å². The van der Waals surface area contributed by atoms with Gasteiger partial charge in [-0.2, -0.15) is 0 Å². The number of aromatic nitrogens is 2. The first kappa shape index (κ1) is 17.0. The van der Waals surface area contributed by atoms with Gasteiger partial charge in [-0.05, 0) is 37.1 Å². The van der Waals surface area contributed by atoms with Crippen LogP contribution in [-0.4, -0.2) is 47.6 Å². The van der Waals surface area contributed by atoms with E-state index in [9.17, 15) is 9.59 Å². The zero-order valence-electron chi connectivity index (χ0n) is 14.1. The maximum atomic E-state index is 12.5. The fourth-order valence-corrected chi connectivity index (χ4v) is 2.94. The molecular formula is C18H21N3O4. The molecule has 0 aliphatic carbocycles. The van der Waals surface area contributed by atoms with Crippen molar-refractivity contribution in [3.8, 4) is 11.5 Å². The van der Waals surface area contributed by atoms with Gasteiger partial charge in [-0.25, -0.2) is 4.98 Å². The summed E-state index contributed by atoms with van der Waals surface area (Å²) in [5.41, 5.74) is -0.323. The number of piperidine rings is 1. The van der Waals surface area contributed by atoms with Gasteiger partial charge < -0.3 is 19.4 Å². The molecule has 1 fully saturated rings. The standard InChI is InChI=1S/C18H21N3O4/c1-24-14-4-6-15(7-5-14)25-11-13-3-2-8-21(10-13)18(23)16-9-19-12-20-17(16)22/h4-7,9,12-13H,2-3,8,10-11H2,1H3,(H,19,20,22). The number of rotatable bonds is 5. The number of methoxy groups -OCH3 is 1. The van der Waals surface area contributed by atoms with E-state index < -0.39 is 5.56 Å². The monoisotopic (exact) mass is 343 g/mol. The largest absolute Gasteiger partial charge is 0.497 e. The molecule has 2 heterocycles. The van der Waals surface area contributed by atoms with E-state index in [0.717, 1.165) is 24.3 Å². The van der Waals surface area contributed by atoms with E-state index in [1.165, 1.54) is 12.5 Å². The first-order chi connectivity index (χ1) is 12.2. The number of nitrogens with one attached hydrogen (secondary N) is 1. The Labute approximate surface area is 145 Å². The Balaban J connectivity index is 1.58. The maximum Gasteiger partial charge on any atom is 0.263 e. The molecule has 1 atom stereocenters. The van der Waals surface area contributed by atoms with Crippen LogP contribution in [0.15, 0.2) is 41.6 Å². The van der Waals surface area contributed by atoms with Crippen molar-refractivity contribution in [3.05, 3.63) is 52.7 Å². The Morgan fingerprint density at radius 3 is 2.80 bits per heavy atom. The summed E-state index contributed by atoms with van der Waals surface area (Å²) in [7, 11) is 1.62. The van der Waals surface area contributed by atoms with E-state index in [2.05, 4.69) is 9.97 Å². The third-order valence-corrected chi connectivity index (χ3v) is 4.30. The number of likely N-dealkylation sites (tertiary alicyclic amines) is 1. The predicted octanol–water partition coefficient (Wildman–Crippen LogP) is 1.71. The van der Waals surface area contributed by atoms with Gasteiger partial charge >= 0.3 is 0 Å². The molecule has 1 N–H and O–H groups in total. The summed E-state index contributed by atoms with van der Waals surface area (Å²) in [6.07, 6.45) is 4.48. The van der Waals surface area contributed by atoms with Gasteiger partial charge in [0.2, 0.25) is 0 Å². The number of H-pyrrole nitrogens is 1. The lowest BCUT2D eigenvalue weighted by atomic mass is 9.98. The third kappa shape index (κ3) is 4.17. The fraction of sp³-hybridized carbons (Fsp3) is 0.389. The SMILES string of the molecule is COc1ccc(OCC2CCCN(C(=O)c3cnc[nH]c3=O)C2)cc1. The van der Waals surface area contributed by atoms with Crippen molar-refractivity contribution < 1.29 is 14.3 Å². The van der Waals surface area contributed by atoms with Crippen molar-refractivity contribution in [2.45, 2.75) is 12.8 Å². The molecule has 1 aromatic carbocycles. The lowest BCUT2D eigenvalue weighted by molar-refractivity contribution is 0.0631. The number of aromatic amines is 1. The van der Waals surface area contributed by atoms with Crippen LogP contribution in [0, 0.1) is 5.92 Å². The van der Waals surface area contributed by atoms with E-state index in [4.69, 9.17) is 9.47 Å². The second-order valence-corrected chi connectivity index (χ2v) is 6.04. The smallest absolute Gasteiger partial charge is 0.263 e. The van der Waals surface area contributed by atoms with Crippen LogP contribution in [-0.2, 0) is 0 Å². The second-order valence-electron chi connectivity index (χ2n) is 6.04. The number of benzene rings is 1. The van der Waals surface area contributed by atoms with Crippen molar-refractivity contribution in [3.63, 3.8) is 0 Å². The Morgan fingerprint density at radius 2 is 2.08 bits per heavy atom. The summed E-state index contributed by atoms with van der Waals surface area (Å²) in [4.78, 5) is 32.3. The highest BCUT2D eigenvalue weighted by molar-refractivity contribution is 5.93. The molecule has 1 amide bonds. The fourth-order valence-electron chi connectivity index (χ4n) is 2.94. The third-order valence-electron chi connectivity index (χ3n) is 4.30. The molecule has 1 aliphatic heterocycles. The number of nitrogens with zero attached hydrogens (tertiary/aromatic N) is 2. The number of carbonyl (C=O) groups excluding carboxylic acids is 1. The Morgan fingerprint density at radius 1 is 1.32 bits per heavy atom. The number of amides is 1. The number of ether oxygens (including phenoxy) is 2. The molecule has 1 aromatic heterocycles. The number of hydrogen-bond acceptors (Lipinski definition) is 5. The molecule has 132 valence electrons. The summed E-state index contributed by atoms with van der Waals surface area (Å²) >= 11 is 0. The van der Waals surface area contributed by atoms with Crippen molar-refractivity contribution in [2.75, 3.05) is 26.8 Å². The van der Waals surface area contributed by atoms with Crippen LogP contribution in [0.2, 0.25) is 0 Å². The number of carbonyl (C=O) groups is 1. The molecule has 0 spiro atoms. The van der Waals surface area contributed by atoms with Gasteiger partial charge in [-0.3, -0.25) is 9.59 Å². The first-order valence-corrected chi connectivity index (χ1v) is 8.26. The normalized spacial score (nSPS) is 17.2. The zero-order valence-corrected chi connectivity index (χ0v) is 14.1. The molecule has 7 heteroatoms. The molecule has 1 unspecified atom stereocenters. The average Bonchev–Trinajstić information content (AvgIpc) is 2.67. The van der Waals surface area contributed by atoms with Gasteiger partial charge in [0.25, 0.3) is 11.5 Å². The minimum absolute atomic E-state index is 0.0826. The van der Waals surface area contributed by atoms with Crippen molar-refractivity contribution in [1.82, 2.24) is 14.9 Å². The van der Waals surface area contributed by atoms with Crippen LogP contribution >= 0.6 is 0 Å². The molecule has 3 rings (SSSR count). The molecule has 0 radical (unpaired) electrons. The Bertz CT molecular complexity index is 772. The predicted molar refractivity (Wildman–Crippen MR) is 92.0 cm³/mol. The van der Waals surface area contributed by atoms with Gasteiger partial charge in [0.1, 0.15) is 17.1 Å². The van der Waals surface area contributed by atoms with Gasteiger partial charge in [-0.15, -0.1) is 0 Å². The van der Waals surface area contributed by atoms with E-state index in [-0.39, 0.29) is 17.4 Å². The Kier molecular flexibility index (Phi) is 5.33. The van der Waals surface area contributed by atoms with Crippen LogP contribution < -0.4 is 15.0 Å². The van der Waals surface area contributed by atoms with Gasteiger partial charge in [0, 0.05) is 25.2 Å². The van der Waals surface area contributed by atoms with Gasteiger partial charge in [-0.1, -0.05) is 0 Å². The lowest BCUT2D eigenvalue weighted by Crippen LogP contribution is -2.43. The minimum atomic E-state index is -0.406. The molecule has 0 saturated carbocycles.